The highest BCUT2D eigenvalue weighted by Crippen LogP contribution is 2.31. The average molecular weight is 298 g/mol. The molecule has 1 heterocycles. The summed E-state index contributed by atoms with van der Waals surface area (Å²) < 4.78 is 4.98. The van der Waals surface area contributed by atoms with Crippen molar-refractivity contribution in [2.24, 2.45) is 10.7 Å². The Morgan fingerprint density at radius 1 is 1.48 bits per heavy atom. The molecule has 0 aromatic rings. The number of rotatable bonds is 4. The van der Waals surface area contributed by atoms with Crippen LogP contribution in [0.15, 0.2) is 4.99 Å². The lowest BCUT2D eigenvalue weighted by Gasteiger charge is -2.35. The summed E-state index contributed by atoms with van der Waals surface area (Å²) in [4.78, 5) is 17.5. The van der Waals surface area contributed by atoms with Gasteiger partial charge in [-0.1, -0.05) is 0 Å². The Balaban J connectivity index is 1.70. The van der Waals surface area contributed by atoms with E-state index in [1.807, 2.05) is 0 Å². The molecule has 120 valence electrons. The number of nitrogens with one attached hydrogen (secondary N) is 1. The third-order valence-corrected chi connectivity index (χ3v) is 4.20. The minimum atomic E-state index is -0.639. The van der Waals surface area contributed by atoms with Gasteiger partial charge in [0.25, 0.3) is 0 Å². The fourth-order valence-corrected chi connectivity index (χ4v) is 2.65. The molecule has 1 saturated carbocycles. The molecule has 0 aromatic heterocycles. The van der Waals surface area contributed by atoms with Gasteiger partial charge < -0.3 is 25.8 Å². The van der Waals surface area contributed by atoms with Gasteiger partial charge >= 0.3 is 6.09 Å². The second-order valence-corrected chi connectivity index (χ2v) is 5.88. The Bertz CT molecular complexity index is 388. The monoisotopic (exact) mass is 298 g/mol. The number of hydrogen-bond acceptors (Lipinski definition) is 4. The Hall–Kier alpha value is -1.50. The maximum atomic E-state index is 11.6. The summed E-state index contributed by atoms with van der Waals surface area (Å²) in [7, 11) is 0. The first-order valence-corrected chi connectivity index (χ1v) is 7.73. The van der Waals surface area contributed by atoms with Gasteiger partial charge in [0, 0.05) is 19.1 Å². The number of carbonyl (C=O) groups is 1. The van der Waals surface area contributed by atoms with E-state index in [0.29, 0.717) is 32.2 Å². The molecule has 0 aromatic carbocycles. The molecule has 1 aliphatic heterocycles. The van der Waals surface area contributed by atoms with Gasteiger partial charge in [-0.15, -0.1) is 0 Å². The largest absolute Gasteiger partial charge is 0.450 e. The average Bonchev–Trinajstić information content (AvgIpc) is 2.44. The van der Waals surface area contributed by atoms with Crippen LogP contribution in [0.5, 0.6) is 0 Å². The van der Waals surface area contributed by atoms with Crippen LogP contribution < -0.4 is 11.1 Å². The van der Waals surface area contributed by atoms with E-state index >= 15 is 0 Å². The van der Waals surface area contributed by atoms with Crippen LogP contribution in [0, 0.1) is 0 Å². The molecule has 2 fully saturated rings. The first-order valence-electron chi connectivity index (χ1n) is 7.73. The Labute approximate surface area is 125 Å². The molecular formula is C14H26N4O3. The lowest BCUT2D eigenvalue weighted by Crippen LogP contribution is -2.49. The minimum absolute atomic E-state index is 0.218. The van der Waals surface area contributed by atoms with E-state index in [1.165, 1.54) is 0 Å². The van der Waals surface area contributed by atoms with Crippen molar-refractivity contribution >= 4 is 12.1 Å². The zero-order chi connectivity index (χ0) is 15.3. The number of aliphatic imine (C=N–C) groups is 1. The number of likely N-dealkylation sites (tertiary alicyclic amines) is 1. The molecule has 1 saturated heterocycles. The van der Waals surface area contributed by atoms with Crippen molar-refractivity contribution in [3.05, 3.63) is 0 Å². The number of guanidine groups is 1. The number of amides is 1. The number of hydrogen-bond donors (Lipinski definition) is 3. The van der Waals surface area contributed by atoms with Gasteiger partial charge in [0.05, 0.1) is 18.8 Å². The van der Waals surface area contributed by atoms with Crippen molar-refractivity contribution in [3.8, 4) is 0 Å². The molecule has 2 rings (SSSR count). The van der Waals surface area contributed by atoms with Crippen molar-refractivity contribution in [1.29, 1.82) is 0 Å². The number of nitrogens with two attached hydrogens (primary N) is 1. The predicted molar refractivity (Wildman–Crippen MR) is 80.0 cm³/mol. The molecule has 7 heteroatoms. The highest BCUT2D eigenvalue weighted by Gasteiger charge is 2.34. The first-order chi connectivity index (χ1) is 10.0. The zero-order valence-electron chi connectivity index (χ0n) is 12.7. The third-order valence-electron chi connectivity index (χ3n) is 4.20. The van der Waals surface area contributed by atoms with Crippen LogP contribution in [0.3, 0.4) is 0 Å². The molecule has 7 nitrogen and oxygen atoms in total. The van der Waals surface area contributed by atoms with Gasteiger partial charge in [0.2, 0.25) is 0 Å². The van der Waals surface area contributed by atoms with Crippen LogP contribution in [0.1, 0.15) is 39.0 Å². The van der Waals surface area contributed by atoms with Crippen molar-refractivity contribution in [1.82, 2.24) is 10.2 Å². The van der Waals surface area contributed by atoms with E-state index in [4.69, 9.17) is 10.5 Å². The van der Waals surface area contributed by atoms with Gasteiger partial charge in [-0.25, -0.2) is 4.79 Å². The molecule has 2 aliphatic rings. The van der Waals surface area contributed by atoms with E-state index in [9.17, 15) is 9.90 Å². The van der Waals surface area contributed by atoms with E-state index < -0.39 is 5.60 Å². The zero-order valence-corrected chi connectivity index (χ0v) is 12.7. The van der Waals surface area contributed by atoms with Gasteiger partial charge in [-0.2, -0.15) is 0 Å². The van der Waals surface area contributed by atoms with E-state index in [1.54, 1.807) is 11.8 Å². The topological polar surface area (TPSA) is 100 Å². The maximum Gasteiger partial charge on any atom is 0.409 e. The summed E-state index contributed by atoms with van der Waals surface area (Å²) in [5, 5.41) is 13.1. The molecule has 0 spiro atoms. The summed E-state index contributed by atoms with van der Waals surface area (Å²) in [6, 6.07) is 0.218. The Morgan fingerprint density at radius 2 is 2.14 bits per heavy atom. The fraction of sp³-hybridized carbons (Fsp3) is 0.857. The first kappa shape index (κ1) is 15.9. The Morgan fingerprint density at radius 3 is 2.67 bits per heavy atom. The van der Waals surface area contributed by atoms with Gasteiger partial charge in [-0.05, 0) is 39.0 Å². The van der Waals surface area contributed by atoms with Crippen LogP contribution in [0.2, 0.25) is 0 Å². The van der Waals surface area contributed by atoms with Gasteiger partial charge in [-0.3, -0.25) is 4.99 Å². The lowest BCUT2D eigenvalue weighted by atomic mass is 9.80. The van der Waals surface area contributed by atoms with Crippen molar-refractivity contribution in [2.75, 3.05) is 26.2 Å². The number of ether oxygens (including phenoxy) is 1. The molecule has 4 N–H and O–H groups in total. The standard InChI is InChI=1S/C14H26N4O3/c1-2-21-13(19)18-8-4-11(5-9-18)17-12(15)16-10-14(20)6-3-7-14/h11,20H,2-10H2,1H3,(H3,15,16,17). The number of carbonyl (C=O) groups excluding carboxylic acids is 1. The highest BCUT2D eigenvalue weighted by molar-refractivity contribution is 5.78. The predicted octanol–water partition coefficient (Wildman–Crippen LogP) is 0.427. The SMILES string of the molecule is CCOC(=O)N1CCC(NC(N)=NCC2(O)CCC2)CC1. The molecule has 0 radical (unpaired) electrons. The normalized spacial score (nSPS) is 22.6. The minimum Gasteiger partial charge on any atom is -0.450 e. The molecule has 21 heavy (non-hydrogen) atoms. The molecule has 1 amide bonds. The van der Waals surface area contributed by atoms with E-state index in [0.717, 1.165) is 32.1 Å². The summed E-state index contributed by atoms with van der Waals surface area (Å²) in [5.74, 6) is 0.380. The smallest absolute Gasteiger partial charge is 0.409 e. The molecule has 0 unspecified atom stereocenters. The number of aliphatic hydroxyl groups is 1. The number of piperidine rings is 1. The quantitative estimate of drug-likeness (QED) is 0.516. The highest BCUT2D eigenvalue weighted by atomic mass is 16.6. The van der Waals surface area contributed by atoms with Crippen molar-refractivity contribution in [2.45, 2.75) is 50.7 Å². The van der Waals surface area contributed by atoms with Crippen molar-refractivity contribution in [3.63, 3.8) is 0 Å². The molecule has 1 aliphatic carbocycles. The second-order valence-electron chi connectivity index (χ2n) is 5.88. The van der Waals surface area contributed by atoms with Crippen molar-refractivity contribution < 1.29 is 14.6 Å². The third kappa shape index (κ3) is 4.49. The summed E-state index contributed by atoms with van der Waals surface area (Å²) >= 11 is 0. The molecule has 0 atom stereocenters. The number of nitrogens with zero attached hydrogens (tertiary/aromatic N) is 2. The Kier molecular flexibility index (Phi) is 5.27. The molecule has 0 bridgehead atoms. The van der Waals surface area contributed by atoms with Crippen LogP contribution in [-0.2, 0) is 4.74 Å². The maximum absolute atomic E-state index is 11.6. The second kappa shape index (κ2) is 6.98. The van der Waals surface area contributed by atoms with Crippen LogP contribution in [0.4, 0.5) is 4.79 Å². The van der Waals surface area contributed by atoms with Crippen LogP contribution in [-0.4, -0.2) is 59.9 Å². The lowest BCUT2D eigenvalue weighted by molar-refractivity contribution is -0.0236. The van der Waals surface area contributed by atoms with Crippen LogP contribution in [0.25, 0.3) is 0 Å². The van der Waals surface area contributed by atoms with E-state index in [-0.39, 0.29) is 12.1 Å². The van der Waals surface area contributed by atoms with Crippen LogP contribution >= 0.6 is 0 Å². The fourth-order valence-electron chi connectivity index (χ4n) is 2.65. The summed E-state index contributed by atoms with van der Waals surface area (Å²) in [6.07, 6.45) is 4.07. The van der Waals surface area contributed by atoms with E-state index in [2.05, 4.69) is 10.3 Å². The van der Waals surface area contributed by atoms with Gasteiger partial charge in [0.15, 0.2) is 5.96 Å². The van der Waals surface area contributed by atoms with Gasteiger partial charge in [0.1, 0.15) is 0 Å². The molecular weight excluding hydrogens is 272 g/mol. The summed E-state index contributed by atoms with van der Waals surface area (Å²) in [5.41, 5.74) is 5.22. The summed E-state index contributed by atoms with van der Waals surface area (Å²) in [6.45, 7) is 3.90.